The number of benzene rings is 7. The third-order valence-electron chi connectivity index (χ3n) is 8.43. The molecule has 0 aliphatic heterocycles. The second-order valence-electron chi connectivity index (χ2n) is 11.0. The summed E-state index contributed by atoms with van der Waals surface area (Å²) in [4.78, 5) is 2.27. The molecule has 0 amide bonds. The van der Waals surface area contributed by atoms with E-state index in [1.165, 1.54) is 10.9 Å². The Morgan fingerprint density at radius 2 is 1.02 bits per heavy atom. The Bertz CT molecular complexity index is 2450. The first-order chi connectivity index (χ1) is 21.3. The summed E-state index contributed by atoms with van der Waals surface area (Å²) < 4.78 is 12.6. The lowest BCUT2D eigenvalue weighted by Crippen LogP contribution is -2.10. The quantitative estimate of drug-likeness (QED) is 0.218. The zero-order valence-electron chi connectivity index (χ0n) is 23.2. The number of fused-ring (bicyclic) bond motifs is 7. The number of anilines is 3. The lowest BCUT2D eigenvalue weighted by atomic mass is 9.99. The molecule has 0 aliphatic rings. The summed E-state index contributed by atoms with van der Waals surface area (Å²) in [6.45, 7) is 0. The maximum absolute atomic E-state index is 6.44. The molecule has 3 nitrogen and oxygen atoms in total. The van der Waals surface area contributed by atoms with Gasteiger partial charge in [-0.3, -0.25) is 0 Å². The van der Waals surface area contributed by atoms with E-state index in [1.807, 2.05) is 30.3 Å². The molecule has 0 atom stereocenters. The first-order valence-corrected chi connectivity index (χ1v) is 14.5. The number of nitrogens with zero attached hydrogens (tertiary/aromatic N) is 1. The minimum atomic E-state index is 0.878. The van der Waals surface area contributed by atoms with Gasteiger partial charge in [0.15, 0.2) is 5.58 Å². The van der Waals surface area contributed by atoms with Crippen LogP contribution in [0.15, 0.2) is 160 Å². The number of rotatable bonds is 4. The van der Waals surface area contributed by atoms with Crippen LogP contribution in [-0.4, -0.2) is 0 Å². The zero-order valence-corrected chi connectivity index (χ0v) is 23.2. The molecule has 43 heavy (non-hydrogen) atoms. The monoisotopic (exact) mass is 551 g/mol. The molecule has 9 aromatic rings. The lowest BCUT2D eigenvalue weighted by Gasteiger charge is -2.25. The summed E-state index contributed by atoms with van der Waals surface area (Å²) in [5, 5.41) is 6.91. The van der Waals surface area contributed by atoms with Crippen molar-refractivity contribution in [2.45, 2.75) is 0 Å². The van der Waals surface area contributed by atoms with Gasteiger partial charge in [-0.1, -0.05) is 91.0 Å². The van der Waals surface area contributed by atoms with Crippen LogP contribution >= 0.6 is 0 Å². The third-order valence-corrected chi connectivity index (χ3v) is 8.43. The second-order valence-corrected chi connectivity index (χ2v) is 11.0. The van der Waals surface area contributed by atoms with Crippen molar-refractivity contribution in [3.63, 3.8) is 0 Å². The van der Waals surface area contributed by atoms with E-state index < -0.39 is 0 Å². The molecule has 0 saturated carbocycles. The topological polar surface area (TPSA) is 29.5 Å². The molecule has 0 bridgehead atoms. The molecule has 3 heteroatoms. The summed E-state index contributed by atoms with van der Waals surface area (Å²) >= 11 is 0. The maximum Gasteiger partial charge on any atom is 0.159 e. The van der Waals surface area contributed by atoms with Crippen LogP contribution < -0.4 is 4.90 Å². The summed E-state index contributed by atoms with van der Waals surface area (Å²) in [7, 11) is 0. The summed E-state index contributed by atoms with van der Waals surface area (Å²) in [5.74, 6) is 0. The Hall–Kier alpha value is -5.80. The van der Waals surface area contributed by atoms with Crippen molar-refractivity contribution in [2.24, 2.45) is 0 Å². The summed E-state index contributed by atoms with van der Waals surface area (Å²) in [5.41, 5.74) is 9.08. The van der Waals surface area contributed by atoms with Crippen molar-refractivity contribution < 1.29 is 8.83 Å². The van der Waals surface area contributed by atoms with E-state index >= 15 is 0 Å². The lowest BCUT2D eigenvalue weighted by molar-refractivity contribution is 0.669. The van der Waals surface area contributed by atoms with Gasteiger partial charge in [0.05, 0.1) is 5.69 Å². The molecule has 202 valence electrons. The van der Waals surface area contributed by atoms with Gasteiger partial charge in [0, 0.05) is 32.9 Å². The number of para-hydroxylation sites is 4. The fourth-order valence-corrected chi connectivity index (χ4v) is 6.36. The maximum atomic E-state index is 6.44. The number of hydrogen-bond acceptors (Lipinski definition) is 3. The Kier molecular flexibility index (Phi) is 5.20. The van der Waals surface area contributed by atoms with Gasteiger partial charge < -0.3 is 13.7 Å². The fraction of sp³-hybridized carbons (Fsp3) is 0. The molecule has 0 radical (unpaired) electrons. The molecule has 0 fully saturated rings. The van der Waals surface area contributed by atoms with Crippen molar-refractivity contribution in [2.75, 3.05) is 4.90 Å². The van der Waals surface area contributed by atoms with E-state index in [2.05, 4.69) is 126 Å². The van der Waals surface area contributed by atoms with Gasteiger partial charge in [-0.15, -0.1) is 0 Å². The van der Waals surface area contributed by atoms with Crippen LogP contribution in [0.4, 0.5) is 17.1 Å². The predicted octanol–water partition coefficient (Wildman–Crippen LogP) is 11.8. The van der Waals surface area contributed by atoms with Crippen molar-refractivity contribution in [3.05, 3.63) is 152 Å². The van der Waals surface area contributed by atoms with E-state index in [0.717, 1.165) is 71.9 Å². The average Bonchev–Trinajstić information content (AvgIpc) is 3.63. The van der Waals surface area contributed by atoms with Crippen molar-refractivity contribution in [1.29, 1.82) is 0 Å². The highest BCUT2D eigenvalue weighted by Gasteiger charge is 2.19. The van der Waals surface area contributed by atoms with E-state index in [4.69, 9.17) is 8.83 Å². The van der Waals surface area contributed by atoms with Crippen LogP contribution in [0, 0.1) is 0 Å². The fourth-order valence-electron chi connectivity index (χ4n) is 6.36. The molecule has 0 aliphatic carbocycles. The highest BCUT2D eigenvalue weighted by molar-refractivity contribution is 6.11. The van der Waals surface area contributed by atoms with Gasteiger partial charge in [0.2, 0.25) is 0 Å². The van der Waals surface area contributed by atoms with E-state index in [9.17, 15) is 0 Å². The van der Waals surface area contributed by atoms with Crippen molar-refractivity contribution in [1.82, 2.24) is 0 Å². The van der Waals surface area contributed by atoms with E-state index in [0.29, 0.717) is 0 Å². The minimum Gasteiger partial charge on any atom is -0.456 e. The standard InChI is InChI=1S/C40H25NO2/c1-2-9-30(10-3-1)41(36-14-8-13-34-32-11-4-7-16-38(32)43-40(34)36)31-21-19-26(20-22-31)27-17-18-28-24-35-33-12-5-6-15-37(33)42-39(35)25-29(28)23-27/h1-25H. The van der Waals surface area contributed by atoms with E-state index in [-0.39, 0.29) is 0 Å². The van der Waals surface area contributed by atoms with Crippen LogP contribution in [0.3, 0.4) is 0 Å². The highest BCUT2D eigenvalue weighted by atomic mass is 16.3. The molecule has 9 rings (SSSR count). The molecule has 0 unspecified atom stereocenters. The van der Waals surface area contributed by atoms with Crippen LogP contribution in [0.1, 0.15) is 0 Å². The first-order valence-electron chi connectivity index (χ1n) is 14.5. The molecule has 0 saturated heterocycles. The Morgan fingerprint density at radius 1 is 0.372 bits per heavy atom. The van der Waals surface area contributed by atoms with Crippen LogP contribution in [0.25, 0.3) is 65.8 Å². The smallest absolute Gasteiger partial charge is 0.159 e. The number of furan rings is 2. The zero-order chi connectivity index (χ0) is 28.3. The van der Waals surface area contributed by atoms with Crippen molar-refractivity contribution >= 4 is 71.7 Å². The third kappa shape index (κ3) is 3.83. The molecule has 0 spiro atoms. The molecule has 0 N–H and O–H groups in total. The Balaban J connectivity index is 1.15. The van der Waals surface area contributed by atoms with Crippen LogP contribution in [0.2, 0.25) is 0 Å². The number of hydrogen-bond donors (Lipinski definition) is 0. The Labute approximate surface area is 247 Å². The average molecular weight is 552 g/mol. The molecule has 2 aromatic heterocycles. The normalized spacial score (nSPS) is 11.7. The highest BCUT2D eigenvalue weighted by Crippen LogP contribution is 2.42. The first kappa shape index (κ1) is 23.9. The van der Waals surface area contributed by atoms with Crippen molar-refractivity contribution in [3.8, 4) is 11.1 Å². The molecular formula is C40H25NO2. The predicted molar refractivity (Wildman–Crippen MR) is 179 cm³/mol. The largest absolute Gasteiger partial charge is 0.456 e. The van der Waals surface area contributed by atoms with Gasteiger partial charge >= 0.3 is 0 Å². The van der Waals surface area contributed by atoms with Gasteiger partial charge in [-0.25, -0.2) is 0 Å². The second kappa shape index (κ2) is 9.37. The molecular weight excluding hydrogens is 526 g/mol. The summed E-state index contributed by atoms with van der Waals surface area (Å²) in [6.07, 6.45) is 0. The molecule has 7 aromatic carbocycles. The van der Waals surface area contributed by atoms with Crippen LogP contribution in [0.5, 0.6) is 0 Å². The van der Waals surface area contributed by atoms with Gasteiger partial charge in [-0.2, -0.15) is 0 Å². The Morgan fingerprint density at radius 3 is 1.84 bits per heavy atom. The van der Waals surface area contributed by atoms with Crippen LogP contribution in [-0.2, 0) is 0 Å². The van der Waals surface area contributed by atoms with Gasteiger partial charge in [0.25, 0.3) is 0 Å². The minimum absolute atomic E-state index is 0.878. The van der Waals surface area contributed by atoms with Gasteiger partial charge in [0.1, 0.15) is 16.7 Å². The van der Waals surface area contributed by atoms with E-state index in [1.54, 1.807) is 0 Å². The summed E-state index contributed by atoms with van der Waals surface area (Å²) in [6, 6.07) is 53.1. The molecule has 2 heterocycles. The van der Waals surface area contributed by atoms with Gasteiger partial charge in [-0.05, 0) is 82.6 Å². The SMILES string of the molecule is c1ccc(N(c2ccc(-c3ccc4cc5c(cc4c3)oc3ccccc35)cc2)c2cccc3c2oc2ccccc23)cc1.